The minimum Gasteiger partial charge on any atom is -0.444 e. The Balaban J connectivity index is 3.04. The number of carbonyl (C=O) groups is 2. The second-order valence-electron chi connectivity index (χ2n) is 12.6. The van der Waals surface area contributed by atoms with Crippen molar-refractivity contribution >= 4 is 36.8 Å². The normalized spacial score (nSPS) is 12.8. The fourth-order valence-electron chi connectivity index (χ4n) is 6.42. The van der Waals surface area contributed by atoms with Crippen LogP contribution in [0, 0.1) is 0 Å². The third kappa shape index (κ3) is 6.28. The molecule has 214 valence electrons. The van der Waals surface area contributed by atoms with Crippen molar-refractivity contribution in [3.8, 4) is 0 Å². The molecular formula is C30H52N4O3Si. The van der Waals surface area contributed by atoms with Gasteiger partial charge in [-0.25, -0.2) is 4.79 Å². The molecule has 2 rings (SSSR count). The highest BCUT2D eigenvalue weighted by atomic mass is 28.3. The summed E-state index contributed by atoms with van der Waals surface area (Å²) in [6.07, 6.45) is 1.75. The van der Waals surface area contributed by atoms with Gasteiger partial charge in [0.1, 0.15) is 5.60 Å². The van der Waals surface area contributed by atoms with Gasteiger partial charge in [0.15, 0.2) is 8.24 Å². The molecule has 0 fully saturated rings. The Morgan fingerprint density at radius 1 is 0.974 bits per heavy atom. The Morgan fingerprint density at radius 2 is 1.50 bits per heavy atom. The molecule has 8 heteroatoms. The summed E-state index contributed by atoms with van der Waals surface area (Å²) in [4.78, 5) is 30.8. The van der Waals surface area contributed by atoms with Gasteiger partial charge in [0.05, 0.1) is 11.3 Å². The Bertz CT molecular complexity index is 1100. The Morgan fingerprint density at radius 3 is 1.92 bits per heavy atom. The number of amides is 2. The van der Waals surface area contributed by atoms with E-state index in [1.54, 1.807) is 4.90 Å². The lowest BCUT2D eigenvalue weighted by atomic mass is 10.0. The zero-order chi connectivity index (χ0) is 29.2. The van der Waals surface area contributed by atoms with Crippen LogP contribution in [0.15, 0.2) is 18.3 Å². The molecular weight excluding hydrogens is 492 g/mol. The number of ether oxygens (including phenoxy) is 1. The van der Waals surface area contributed by atoms with E-state index in [2.05, 4.69) is 68.3 Å². The van der Waals surface area contributed by atoms with E-state index in [0.717, 1.165) is 16.5 Å². The predicted molar refractivity (Wildman–Crippen MR) is 163 cm³/mol. The highest BCUT2D eigenvalue weighted by molar-refractivity contribution is 6.82. The zero-order valence-electron chi connectivity index (χ0n) is 26.2. The lowest BCUT2D eigenvalue weighted by molar-refractivity contribution is 0.0636. The average Bonchev–Trinajstić information content (AvgIpc) is 3.11. The number of hydrogen-bond donors (Lipinski definition) is 1. The summed E-state index contributed by atoms with van der Waals surface area (Å²) in [5, 5.41) is 3.97. The van der Waals surface area contributed by atoms with Crippen LogP contribution in [0.5, 0.6) is 0 Å². The quantitative estimate of drug-likeness (QED) is 0.314. The summed E-state index contributed by atoms with van der Waals surface area (Å²) in [5.74, 6) is -0.0911. The molecule has 0 aliphatic heterocycles. The smallest absolute Gasteiger partial charge is 0.412 e. The van der Waals surface area contributed by atoms with Crippen LogP contribution >= 0.6 is 0 Å². The SMILES string of the molecule is CCN(CC)C(=O)c1ccc2c(c(CN(C)C)cn2[Si](C(C)C)(C(C)C)C(C)C)c1NC(=O)OC(C)(C)C. The number of aromatic nitrogens is 1. The molecule has 1 N–H and O–H groups in total. The van der Waals surface area contributed by atoms with E-state index in [-0.39, 0.29) is 5.91 Å². The van der Waals surface area contributed by atoms with Crippen LogP contribution in [-0.2, 0) is 11.3 Å². The average molecular weight is 545 g/mol. The maximum atomic E-state index is 13.7. The summed E-state index contributed by atoms with van der Waals surface area (Å²) in [7, 11) is 1.98. The van der Waals surface area contributed by atoms with Crippen LogP contribution in [0.3, 0.4) is 0 Å². The molecule has 0 unspecified atom stereocenters. The van der Waals surface area contributed by atoms with Gasteiger partial charge in [0.25, 0.3) is 5.91 Å². The number of carbonyl (C=O) groups excluding carboxylic acids is 2. The van der Waals surface area contributed by atoms with Gasteiger partial charge in [0.2, 0.25) is 0 Å². The number of nitrogens with one attached hydrogen (secondary N) is 1. The van der Waals surface area contributed by atoms with Crippen molar-refractivity contribution < 1.29 is 14.3 Å². The molecule has 0 aliphatic rings. The number of rotatable bonds is 10. The molecule has 1 heterocycles. The number of nitrogens with zero attached hydrogens (tertiary/aromatic N) is 3. The molecule has 0 spiro atoms. The van der Waals surface area contributed by atoms with Gasteiger partial charge in [-0.1, -0.05) is 41.5 Å². The minimum atomic E-state index is -2.12. The predicted octanol–water partition coefficient (Wildman–Crippen LogP) is 7.56. The second-order valence-corrected chi connectivity index (χ2v) is 18.3. The number of hydrogen-bond acceptors (Lipinski definition) is 4. The summed E-state index contributed by atoms with van der Waals surface area (Å²) in [6, 6.07) is 3.99. The Labute approximate surface area is 232 Å². The van der Waals surface area contributed by atoms with Crippen LogP contribution in [0.2, 0.25) is 16.6 Å². The van der Waals surface area contributed by atoms with E-state index in [9.17, 15) is 9.59 Å². The number of anilines is 1. The van der Waals surface area contributed by atoms with Gasteiger partial charge in [-0.2, -0.15) is 0 Å². The van der Waals surface area contributed by atoms with Crippen LogP contribution in [0.25, 0.3) is 10.9 Å². The molecule has 0 saturated carbocycles. The van der Waals surface area contributed by atoms with Crippen molar-refractivity contribution in [2.75, 3.05) is 32.5 Å². The summed E-state index contributed by atoms with van der Waals surface area (Å²) >= 11 is 0. The van der Waals surface area contributed by atoms with Crippen molar-refractivity contribution in [1.29, 1.82) is 0 Å². The molecule has 1 aromatic heterocycles. The Hall–Kier alpha value is -2.32. The molecule has 0 atom stereocenters. The van der Waals surface area contributed by atoms with E-state index in [1.165, 1.54) is 0 Å². The van der Waals surface area contributed by atoms with Crippen LogP contribution < -0.4 is 5.32 Å². The van der Waals surface area contributed by atoms with Crippen molar-refractivity contribution in [2.45, 2.75) is 105 Å². The van der Waals surface area contributed by atoms with E-state index in [0.29, 0.717) is 47.5 Å². The van der Waals surface area contributed by atoms with Crippen LogP contribution in [0.1, 0.15) is 92.1 Å². The number of fused-ring (bicyclic) bond motifs is 1. The van der Waals surface area contributed by atoms with Crippen molar-refractivity contribution in [3.05, 3.63) is 29.5 Å². The van der Waals surface area contributed by atoms with Gasteiger partial charge in [0, 0.05) is 36.7 Å². The summed E-state index contributed by atoms with van der Waals surface area (Å²) < 4.78 is 8.23. The largest absolute Gasteiger partial charge is 0.444 e. The van der Waals surface area contributed by atoms with Crippen molar-refractivity contribution in [3.63, 3.8) is 0 Å². The zero-order valence-corrected chi connectivity index (χ0v) is 27.2. The lowest BCUT2D eigenvalue weighted by Crippen LogP contribution is -2.51. The topological polar surface area (TPSA) is 66.8 Å². The molecule has 0 radical (unpaired) electrons. The highest BCUT2D eigenvalue weighted by Crippen LogP contribution is 2.46. The van der Waals surface area contributed by atoms with E-state index in [1.807, 2.05) is 54.8 Å². The third-order valence-electron chi connectivity index (χ3n) is 7.63. The molecule has 38 heavy (non-hydrogen) atoms. The molecule has 7 nitrogen and oxygen atoms in total. The maximum absolute atomic E-state index is 13.7. The lowest BCUT2D eigenvalue weighted by Gasteiger charge is -2.44. The van der Waals surface area contributed by atoms with E-state index < -0.39 is 19.9 Å². The van der Waals surface area contributed by atoms with Gasteiger partial charge in [-0.15, -0.1) is 0 Å². The standard InChI is InChI=1S/C30H52N4O3Si/c1-14-33(15-2)28(35)24-16-17-25-26(27(24)31-29(36)37-30(9,10)11)23(18-32(12)13)19-34(25)38(20(3)4,21(5)6)22(7)8/h16-17,19-22H,14-15,18H2,1-13H3,(H,31,36). The van der Waals surface area contributed by atoms with E-state index >= 15 is 0 Å². The second kappa shape index (κ2) is 12.2. The fourth-order valence-corrected chi connectivity index (χ4v) is 13.1. The first-order valence-corrected chi connectivity index (χ1v) is 16.3. The molecule has 2 amide bonds. The first-order valence-electron chi connectivity index (χ1n) is 14.1. The highest BCUT2D eigenvalue weighted by Gasteiger charge is 2.46. The third-order valence-corrected chi connectivity index (χ3v) is 14.4. The minimum absolute atomic E-state index is 0.0911. The van der Waals surface area contributed by atoms with Gasteiger partial charge in [-0.3, -0.25) is 10.1 Å². The first-order chi connectivity index (χ1) is 17.5. The van der Waals surface area contributed by atoms with Crippen molar-refractivity contribution in [1.82, 2.24) is 14.0 Å². The Kier molecular flexibility index (Phi) is 10.3. The molecule has 0 saturated heterocycles. The maximum Gasteiger partial charge on any atom is 0.412 e. The molecule has 2 aromatic rings. The van der Waals surface area contributed by atoms with Crippen LogP contribution in [-0.4, -0.2) is 67.1 Å². The molecule has 1 aromatic carbocycles. The van der Waals surface area contributed by atoms with Crippen molar-refractivity contribution in [2.24, 2.45) is 0 Å². The van der Waals surface area contributed by atoms with Crippen LogP contribution in [0.4, 0.5) is 10.5 Å². The molecule has 0 bridgehead atoms. The first kappa shape index (κ1) is 31.9. The number of benzene rings is 1. The van der Waals surface area contributed by atoms with Gasteiger partial charge >= 0.3 is 6.09 Å². The summed E-state index contributed by atoms with van der Waals surface area (Å²) in [6.45, 7) is 25.4. The van der Waals surface area contributed by atoms with E-state index in [4.69, 9.17) is 4.74 Å². The van der Waals surface area contributed by atoms with Gasteiger partial charge < -0.3 is 18.8 Å². The summed E-state index contributed by atoms with van der Waals surface area (Å²) in [5.41, 5.74) is 4.03. The fraction of sp³-hybridized carbons (Fsp3) is 0.667. The monoisotopic (exact) mass is 544 g/mol. The van der Waals surface area contributed by atoms with Gasteiger partial charge in [-0.05, 0) is 83.0 Å². The molecule has 0 aliphatic carbocycles.